The Morgan fingerprint density at radius 3 is 2.80 bits per heavy atom. The van der Waals surface area contributed by atoms with Crippen molar-refractivity contribution < 1.29 is 0 Å². The molecule has 0 aliphatic carbocycles. The maximum absolute atomic E-state index is 5.55. The third-order valence-electron chi connectivity index (χ3n) is 2.45. The van der Waals surface area contributed by atoms with E-state index < -0.39 is 0 Å². The van der Waals surface area contributed by atoms with E-state index in [4.69, 9.17) is 5.73 Å². The summed E-state index contributed by atoms with van der Waals surface area (Å²) in [6.45, 7) is 4.51. The molecule has 1 aromatic heterocycles. The summed E-state index contributed by atoms with van der Waals surface area (Å²) < 4.78 is 0. The summed E-state index contributed by atoms with van der Waals surface area (Å²) in [7, 11) is 0. The monoisotopic (exact) mass is 242 g/mol. The van der Waals surface area contributed by atoms with Crippen LogP contribution in [0.4, 0.5) is 5.95 Å². The van der Waals surface area contributed by atoms with E-state index in [1.54, 1.807) is 0 Å². The van der Waals surface area contributed by atoms with E-state index in [1.165, 1.54) is 6.33 Å². The average molecular weight is 242 g/mol. The lowest BCUT2D eigenvalue weighted by molar-refractivity contribution is 0.848. The van der Waals surface area contributed by atoms with Gasteiger partial charge in [0.2, 0.25) is 5.95 Å². The molecule has 6 heteroatoms. The van der Waals surface area contributed by atoms with Gasteiger partial charge in [-0.25, -0.2) is 9.97 Å². The number of hydrogen-bond donors (Lipinski definition) is 1. The largest absolute Gasteiger partial charge is 0.368 e. The lowest BCUT2D eigenvalue weighted by Crippen LogP contribution is -2.23. The molecule has 15 heavy (non-hydrogen) atoms. The van der Waals surface area contributed by atoms with E-state index in [1.807, 2.05) is 23.5 Å². The summed E-state index contributed by atoms with van der Waals surface area (Å²) in [6.07, 6.45) is 1.49. The zero-order valence-electron chi connectivity index (χ0n) is 8.75. The number of nitrogens with two attached hydrogens (primary N) is 1. The van der Waals surface area contributed by atoms with E-state index in [0.29, 0.717) is 21.7 Å². The number of nitrogen functional groups attached to an aromatic ring is 1. The second-order valence-corrected chi connectivity index (χ2v) is 6.57. The lowest BCUT2D eigenvalue weighted by atomic mass is 10.3. The molecule has 0 spiro atoms. The number of anilines is 1. The first-order valence-electron chi connectivity index (χ1n) is 4.88. The summed E-state index contributed by atoms with van der Waals surface area (Å²) in [5.74, 6) is 2.19. The molecular weight excluding hydrogens is 228 g/mol. The first-order chi connectivity index (χ1) is 7.16. The second-order valence-electron chi connectivity index (χ2n) is 3.57. The summed E-state index contributed by atoms with van der Waals surface area (Å²) in [6, 6.07) is 0. The van der Waals surface area contributed by atoms with E-state index >= 15 is 0 Å². The molecule has 1 aliphatic rings. The summed E-state index contributed by atoms with van der Waals surface area (Å²) in [5.41, 5.74) is 5.55. The van der Waals surface area contributed by atoms with E-state index in [9.17, 15) is 0 Å². The third kappa shape index (κ3) is 2.55. The molecule has 2 heterocycles. The molecular formula is C9H14N4S2. The van der Waals surface area contributed by atoms with Crippen LogP contribution in [-0.2, 0) is 0 Å². The van der Waals surface area contributed by atoms with Crippen LogP contribution in [-0.4, -0.2) is 31.2 Å². The summed E-state index contributed by atoms with van der Waals surface area (Å²) in [5, 5.41) is 1.68. The van der Waals surface area contributed by atoms with Crippen molar-refractivity contribution in [2.24, 2.45) is 0 Å². The molecule has 0 radical (unpaired) electrons. The fraction of sp³-hybridized carbons (Fsp3) is 0.667. The highest BCUT2D eigenvalue weighted by Crippen LogP contribution is 2.42. The Bertz CT molecular complexity index is 347. The molecule has 4 nitrogen and oxygen atoms in total. The smallest absolute Gasteiger partial charge is 0.223 e. The quantitative estimate of drug-likeness (QED) is 0.809. The maximum Gasteiger partial charge on any atom is 0.223 e. The van der Waals surface area contributed by atoms with Gasteiger partial charge in [0.25, 0.3) is 0 Å². The van der Waals surface area contributed by atoms with Crippen LogP contribution in [0.25, 0.3) is 0 Å². The molecule has 82 valence electrons. The molecule has 3 atom stereocenters. The van der Waals surface area contributed by atoms with Crippen molar-refractivity contribution in [3.8, 4) is 0 Å². The van der Waals surface area contributed by atoms with Gasteiger partial charge in [0.1, 0.15) is 12.2 Å². The van der Waals surface area contributed by atoms with Crippen LogP contribution in [0.15, 0.2) is 6.33 Å². The molecule has 3 unspecified atom stereocenters. The van der Waals surface area contributed by atoms with Crippen LogP contribution >= 0.6 is 23.5 Å². The zero-order valence-corrected chi connectivity index (χ0v) is 10.4. The van der Waals surface area contributed by atoms with Crippen LogP contribution < -0.4 is 5.73 Å². The van der Waals surface area contributed by atoms with Crippen LogP contribution in [0.3, 0.4) is 0 Å². The van der Waals surface area contributed by atoms with E-state index in [0.717, 1.165) is 11.6 Å². The highest BCUT2D eigenvalue weighted by atomic mass is 32.2. The molecule has 2 rings (SSSR count). The van der Waals surface area contributed by atoms with Crippen molar-refractivity contribution in [1.82, 2.24) is 15.0 Å². The molecule has 0 bridgehead atoms. The van der Waals surface area contributed by atoms with Crippen LogP contribution in [0.5, 0.6) is 0 Å². The van der Waals surface area contributed by atoms with Gasteiger partial charge in [0.15, 0.2) is 0 Å². The fourth-order valence-corrected chi connectivity index (χ4v) is 4.25. The Labute approximate surface area is 97.9 Å². The number of aromatic nitrogens is 3. The maximum atomic E-state index is 5.55. The van der Waals surface area contributed by atoms with Crippen molar-refractivity contribution >= 4 is 29.5 Å². The van der Waals surface area contributed by atoms with Gasteiger partial charge in [0.05, 0.1) is 5.25 Å². The van der Waals surface area contributed by atoms with Crippen molar-refractivity contribution in [2.75, 3.05) is 11.5 Å². The minimum atomic E-state index is 0.317. The molecule has 0 amide bonds. The summed E-state index contributed by atoms with van der Waals surface area (Å²) in [4.78, 5) is 12.2. The number of nitrogens with zero attached hydrogens (tertiary/aromatic N) is 3. The van der Waals surface area contributed by atoms with Crippen molar-refractivity contribution in [3.05, 3.63) is 12.2 Å². The van der Waals surface area contributed by atoms with Gasteiger partial charge >= 0.3 is 0 Å². The summed E-state index contributed by atoms with van der Waals surface area (Å²) >= 11 is 3.90. The molecule has 0 saturated carbocycles. The predicted molar refractivity (Wildman–Crippen MR) is 66.0 cm³/mol. The van der Waals surface area contributed by atoms with E-state index in [2.05, 4.69) is 28.8 Å². The molecule has 2 N–H and O–H groups in total. The predicted octanol–water partition coefficient (Wildman–Crippen LogP) is 1.75. The Balaban J connectivity index is 2.12. The van der Waals surface area contributed by atoms with Gasteiger partial charge in [-0.2, -0.15) is 16.7 Å². The highest BCUT2D eigenvalue weighted by molar-refractivity contribution is 8.07. The first-order valence-corrected chi connectivity index (χ1v) is 6.87. The Morgan fingerprint density at radius 2 is 2.13 bits per heavy atom. The van der Waals surface area contributed by atoms with Gasteiger partial charge in [-0.05, 0) is 0 Å². The molecule has 1 saturated heterocycles. The Hall–Kier alpha value is -0.490. The van der Waals surface area contributed by atoms with Gasteiger partial charge in [-0.15, -0.1) is 11.8 Å². The van der Waals surface area contributed by atoms with Gasteiger partial charge in [-0.1, -0.05) is 13.8 Å². The highest BCUT2D eigenvalue weighted by Gasteiger charge is 2.28. The van der Waals surface area contributed by atoms with Gasteiger partial charge < -0.3 is 5.73 Å². The minimum Gasteiger partial charge on any atom is -0.368 e. The molecule has 1 aliphatic heterocycles. The number of rotatable bonds is 1. The fourth-order valence-electron chi connectivity index (χ4n) is 1.40. The van der Waals surface area contributed by atoms with E-state index in [-0.39, 0.29) is 0 Å². The number of thioether (sulfide) groups is 2. The molecule has 1 aromatic rings. The van der Waals surface area contributed by atoms with Crippen molar-refractivity contribution in [2.45, 2.75) is 29.6 Å². The van der Waals surface area contributed by atoms with Gasteiger partial charge in [-0.3, -0.25) is 0 Å². The van der Waals surface area contributed by atoms with Crippen LogP contribution in [0.2, 0.25) is 0 Å². The zero-order chi connectivity index (χ0) is 10.8. The first kappa shape index (κ1) is 11.0. The molecule has 0 aromatic carbocycles. The van der Waals surface area contributed by atoms with Crippen LogP contribution in [0.1, 0.15) is 24.9 Å². The van der Waals surface area contributed by atoms with Gasteiger partial charge in [0, 0.05) is 16.3 Å². The normalized spacial score (nSPS) is 31.5. The minimum absolute atomic E-state index is 0.317. The standard InChI is InChI=1S/C9H14N4S2/c1-5-6(2)15-7(3-14-5)8-11-4-12-9(10)13-8/h4-7H,3H2,1-2H3,(H2,10,11,12,13). The van der Waals surface area contributed by atoms with Crippen molar-refractivity contribution in [1.29, 1.82) is 0 Å². The van der Waals surface area contributed by atoms with Crippen LogP contribution in [0, 0.1) is 0 Å². The lowest BCUT2D eigenvalue weighted by Gasteiger charge is -2.30. The third-order valence-corrected chi connectivity index (χ3v) is 5.83. The molecule has 1 fully saturated rings. The Kier molecular flexibility index (Phi) is 3.35. The SMILES string of the molecule is CC1SCC(c2ncnc(N)n2)SC1C. The topological polar surface area (TPSA) is 64.7 Å². The second kappa shape index (κ2) is 4.57. The Morgan fingerprint density at radius 1 is 1.33 bits per heavy atom. The average Bonchev–Trinajstić information content (AvgIpc) is 2.22. The van der Waals surface area contributed by atoms with Crippen molar-refractivity contribution in [3.63, 3.8) is 0 Å². The number of hydrogen-bond acceptors (Lipinski definition) is 6.